The highest BCUT2D eigenvalue weighted by Crippen LogP contribution is 2.46. The van der Waals surface area contributed by atoms with Crippen LogP contribution >= 0.6 is 22.9 Å². The Morgan fingerprint density at radius 2 is 1.89 bits per heavy atom. The minimum atomic E-state index is -0.959. The number of benzene rings is 3. The van der Waals surface area contributed by atoms with E-state index in [1.165, 1.54) is 16.2 Å². The summed E-state index contributed by atoms with van der Waals surface area (Å²) in [5.74, 6) is -0.940. The van der Waals surface area contributed by atoms with Gasteiger partial charge in [0.05, 0.1) is 28.4 Å². The van der Waals surface area contributed by atoms with Gasteiger partial charge in [-0.3, -0.25) is 14.5 Å². The number of anilines is 1. The van der Waals surface area contributed by atoms with E-state index in [4.69, 9.17) is 21.1 Å². The van der Waals surface area contributed by atoms with Crippen LogP contribution in [0.5, 0.6) is 11.5 Å². The monoisotopic (exact) mass is 546 g/mol. The first-order valence-corrected chi connectivity index (χ1v) is 13.0. The van der Waals surface area contributed by atoms with Gasteiger partial charge in [-0.1, -0.05) is 72.0 Å². The van der Waals surface area contributed by atoms with E-state index < -0.39 is 17.7 Å². The molecule has 0 bridgehead atoms. The minimum absolute atomic E-state index is 0.0410. The van der Waals surface area contributed by atoms with E-state index in [0.717, 1.165) is 4.70 Å². The highest BCUT2D eigenvalue weighted by atomic mass is 35.5. The Labute approximate surface area is 228 Å². The Hall–Kier alpha value is -4.14. The third kappa shape index (κ3) is 4.64. The van der Waals surface area contributed by atoms with Gasteiger partial charge in [0, 0.05) is 10.6 Å². The molecule has 1 saturated heterocycles. The molecule has 3 aromatic carbocycles. The Balaban J connectivity index is 1.72. The van der Waals surface area contributed by atoms with Crippen LogP contribution in [-0.4, -0.2) is 35.0 Å². The molecule has 1 fully saturated rings. The number of Topliss-reactive ketones (excluding diaryl/α,β-unsaturated/α-hetero) is 1. The van der Waals surface area contributed by atoms with Crippen LogP contribution < -0.4 is 14.4 Å². The number of hydrogen-bond donors (Lipinski definition) is 1. The zero-order valence-corrected chi connectivity index (χ0v) is 22.0. The van der Waals surface area contributed by atoms with Crippen molar-refractivity contribution in [2.24, 2.45) is 0 Å². The molecule has 1 atom stereocenters. The highest BCUT2D eigenvalue weighted by Gasteiger charge is 2.48. The molecular weight excluding hydrogens is 524 g/mol. The average molecular weight is 547 g/mol. The first kappa shape index (κ1) is 25.5. The molecule has 0 radical (unpaired) electrons. The average Bonchev–Trinajstić information content (AvgIpc) is 3.45. The summed E-state index contributed by atoms with van der Waals surface area (Å²) >= 11 is 7.40. The van der Waals surface area contributed by atoms with Gasteiger partial charge in [-0.05, 0) is 42.8 Å². The maximum absolute atomic E-state index is 13.5. The number of aromatic nitrogens is 1. The first-order valence-electron chi connectivity index (χ1n) is 11.9. The number of hydrogen-bond acceptors (Lipinski definition) is 7. The molecule has 1 N–H and O–H groups in total. The lowest BCUT2D eigenvalue weighted by atomic mass is 9.95. The summed E-state index contributed by atoms with van der Waals surface area (Å²) < 4.78 is 12.3. The summed E-state index contributed by atoms with van der Waals surface area (Å²) in [4.78, 5) is 32.9. The molecule has 1 aliphatic rings. The maximum atomic E-state index is 13.5. The van der Waals surface area contributed by atoms with Crippen molar-refractivity contribution in [3.63, 3.8) is 0 Å². The van der Waals surface area contributed by atoms with Crippen LogP contribution in [0.15, 0.2) is 85.0 Å². The lowest BCUT2D eigenvalue weighted by Crippen LogP contribution is -2.29. The van der Waals surface area contributed by atoms with Crippen LogP contribution in [-0.2, 0) is 9.59 Å². The minimum Gasteiger partial charge on any atom is -0.507 e. The van der Waals surface area contributed by atoms with Crippen LogP contribution in [0.2, 0.25) is 5.02 Å². The van der Waals surface area contributed by atoms with Crippen molar-refractivity contribution in [3.05, 3.63) is 101 Å². The van der Waals surface area contributed by atoms with Crippen LogP contribution in [0, 0.1) is 0 Å². The topological polar surface area (TPSA) is 89.0 Å². The van der Waals surface area contributed by atoms with Gasteiger partial charge in [-0.2, -0.15) is 0 Å². The van der Waals surface area contributed by atoms with E-state index in [-0.39, 0.29) is 17.9 Å². The number of aliphatic hydroxyl groups excluding tert-OH is 1. The van der Waals surface area contributed by atoms with Gasteiger partial charge in [0.25, 0.3) is 5.78 Å². The molecule has 192 valence electrons. The van der Waals surface area contributed by atoms with Gasteiger partial charge < -0.3 is 14.6 Å². The lowest BCUT2D eigenvalue weighted by Gasteiger charge is -2.24. The molecule has 1 amide bonds. The molecule has 9 heteroatoms. The van der Waals surface area contributed by atoms with Crippen molar-refractivity contribution in [2.75, 3.05) is 18.1 Å². The fraction of sp³-hybridized carbons (Fsp3) is 0.138. The maximum Gasteiger partial charge on any atom is 0.301 e. The number of amides is 1. The zero-order chi connectivity index (χ0) is 26.8. The van der Waals surface area contributed by atoms with Gasteiger partial charge in [0.1, 0.15) is 12.4 Å². The Kier molecular flexibility index (Phi) is 7.18. The summed E-state index contributed by atoms with van der Waals surface area (Å²) in [5.41, 5.74) is 1.57. The van der Waals surface area contributed by atoms with Gasteiger partial charge in [0.15, 0.2) is 16.6 Å². The number of aliphatic hydroxyl groups is 1. The Morgan fingerprint density at radius 1 is 1.11 bits per heavy atom. The molecule has 0 aliphatic carbocycles. The second kappa shape index (κ2) is 10.7. The van der Waals surface area contributed by atoms with E-state index in [0.29, 0.717) is 44.9 Å². The molecular formula is C29H23ClN2O5S. The van der Waals surface area contributed by atoms with E-state index >= 15 is 0 Å². The third-order valence-corrected chi connectivity index (χ3v) is 7.23. The number of nitrogens with zero attached hydrogens (tertiary/aromatic N) is 2. The molecule has 5 rings (SSSR count). The molecule has 7 nitrogen and oxygen atoms in total. The van der Waals surface area contributed by atoms with Crippen LogP contribution in [0.25, 0.3) is 16.0 Å². The second-order valence-electron chi connectivity index (χ2n) is 8.38. The van der Waals surface area contributed by atoms with Crippen LogP contribution in [0.3, 0.4) is 0 Å². The van der Waals surface area contributed by atoms with Gasteiger partial charge in [-0.15, -0.1) is 0 Å². The predicted octanol–water partition coefficient (Wildman–Crippen LogP) is 6.54. The summed E-state index contributed by atoms with van der Waals surface area (Å²) in [5, 5.41) is 12.1. The number of rotatable bonds is 8. The normalized spacial score (nSPS) is 16.7. The molecule has 0 saturated carbocycles. The summed E-state index contributed by atoms with van der Waals surface area (Å²) in [6.07, 6.45) is 1.62. The number of fused-ring (bicyclic) bond motifs is 1. The molecule has 1 aliphatic heterocycles. The number of halogens is 1. The summed E-state index contributed by atoms with van der Waals surface area (Å²) in [6, 6.07) is 18.1. The molecule has 4 aromatic rings. The summed E-state index contributed by atoms with van der Waals surface area (Å²) in [7, 11) is 0. The number of carbonyl (C=O) groups is 2. The standard InChI is InChI=1S/C29H23ClN2O5S/c1-3-14-37-21-13-10-18(15-22(21)36-4-2)25-24(26(33)17-8-6-5-7-9-17)27(34)28(35)32(25)29-31-20-12-11-19(30)16-23(20)38-29/h3,5-13,15-16,25,33H,1,4,14H2,2H3/b26-24+. The van der Waals surface area contributed by atoms with Gasteiger partial charge in [0.2, 0.25) is 0 Å². The molecule has 38 heavy (non-hydrogen) atoms. The number of carbonyl (C=O) groups excluding carboxylic acids is 2. The van der Waals surface area contributed by atoms with E-state index in [1.54, 1.807) is 72.8 Å². The van der Waals surface area contributed by atoms with E-state index in [2.05, 4.69) is 11.6 Å². The van der Waals surface area contributed by atoms with Crippen molar-refractivity contribution >= 4 is 55.7 Å². The zero-order valence-electron chi connectivity index (χ0n) is 20.4. The van der Waals surface area contributed by atoms with E-state index in [1.807, 2.05) is 6.92 Å². The van der Waals surface area contributed by atoms with Crippen molar-refractivity contribution in [1.82, 2.24) is 4.98 Å². The fourth-order valence-electron chi connectivity index (χ4n) is 4.32. The fourth-order valence-corrected chi connectivity index (χ4v) is 5.59. The smallest absolute Gasteiger partial charge is 0.301 e. The molecule has 1 unspecified atom stereocenters. The van der Waals surface area contributed by atoms with Crippen LogP contribution in [0.1, 0.15) is 24.1 Å². The quantitative estimate of drug-likeness (QED) is 0.117. The first-order chi connectivity index (χ1) is 18.4. The molecule has 0 spiro atoms. The van der Waals surface area contributed by atoms with E-state index in [9.17, 15) is 14.7 Å². The Morgan fingerprint density at radius 3 is 2.63 bits per heavy atom. The van der Waals surface area contributed by atoms with Crippen molar-refractivity contribution in [3.8, 4) is 11.5 Å². The predicted molar refractivity (Wildman–Crippen MR) is 149 cm³/mol. The van der Waals surface area contributed by atoms with Gasteiger partial charge >= 0.3 is 5.91 Å². The number of ether oxygens (including phenoxy) is 2. The van der Waals surface area contributed by atoms with Crippen molar-refractivity contribution in [2.45, 2.75) is 13.0 Å². The molecule has 2 heterocycles. The third-order valence-electron chi connectivity index (χ3n) is 5.98. The largest absolute Gasteiger partial charge is 0.507 e. The van der Waals surface area contributed by atoms with Gasteiger partial charge in [-0.25, -0.2) is 4.98 Å². The van der Waals surface area contributed by atoms with Crippen molar-refractivity contribution < 1.29 is 24.2 Å². The Bertz CT molecular complexity index is 1580. The second-order valence-corrected chi connectivity index (χ2v) is 9.83. The molecule has 1 aromatic heterocycles. The summed E-state index contributed by atoms with van der Waals surface area (Å²) in [6.45, 7) is 6.17. The van der Waals surface area contributed by atoms with Crippen LogP contribution in [0.4, 0.5) is 5.13 Å². The number of thiazole rings is 1. The lowest BCUT2D eigenvalue weighted by molar-refractivity contribution is -0.132. The number of ketones is 1. The van der Waals surface area contributed by atoms with Crippen molar-refractivity contribution in [1.29, 1.82) is 0 Å². The highest BCUT2D eigenvalue weighted by molar-refractivity contribution is 7.22. The SMILES string of the molecule is C=CCOc1ccc(C2/C(=C(\O)c3ccccc3)C(=O)C(=O)N2c2nc3ccc(Cl)cc3s2)cc1OCC.